The molecular weight excluding hydrogens is 396 g/mol. The van der Waals surface area contributed by atoms with Gasteiger partial charge in [0, 0.05) is 25.2 Å². The highest BCUT2D eigenvalue weighted by Gasteiger charge is 2.29. The van der Waals surface area contributed by atoms with Crippen LogP contribution in [0.25, 0.3) is 11.2 Å². The van der Waals surface area contributed by atoms with Gasteiger partial charge in [0.2, 0.25) is 0 Å². The van der Waals surface area contributed by atoms with Gasteiger partial charge in [0.15, 0.2) is 5.65 Å². The Morgan fingerprint density at radius 2 is 2.08 bits per heavy atom. The number of imidazole rings is 1. The van der Waals surface area contributed by atoms with E-state index in [1.54, 1.807) is 11.1 Å². The molecule has 1 N–H and O–H groups in total. The van der Waals surface area contributed by atoms with Gasteiger partial charge in [-0.25, -0.2) is 14.8 Å². The number of hydrogen-bond donors (Lipinski definition) is 1. The Morgan fingerprint density at radius 1 is 1.42 bits per heavy atom. The minimum atomic E-state index is -0.468. The standard InChI is InChI=1S/C16H20BrClN4O2/c1-16(2,3)24-15(23)22-6-4-9(5-7-22)13-20-12-11(17)10(18)8-19-14(12)21-13/h8-9H,4-7H2,1-3H3,(H,19,20,21). The summed E-state index contributed by atoms with van der Waals surface area (Å²) in [6.45, 7) is 6.95. The molecule has 3 heterocycles. The van der Waals surface area contributed by atoms with Crippen molar-refractivity contribution in [2.24, 2.45) is 0 Å². The molecule has 3 rings (SSSR count). The summed E-state index contributed by atoms with van der Waals surface area (Å²) >= 11 is 9.54. The highest BCUT2D eigenvalue weighted by atomic mass is 79.9. The Bertz CT molecular complexity index is 763. The van der Waals surface area contributed by atoms with Crippen LogP contribution in [0.2, 0.25) is 5.02 Å². The molecule has 1 aliphatic heterocycles. The van der Waals surface area contributed by atoms with E-state index in [-0.39, 0.29) is 12.0 Å². The van der Waals surface area contributed by atoms with E-state index < -0.39 is 5.60 Å². The number of fused-ring (bicyclic) bond motifs is 1. The zero-order valence-electron chi connectivity index (χ0n) is 13.9. The van der Waals surface area contributed by atoms with E-state index >= 15 is 0 Å². The summed E-state index contributed by atoms with van der Waals surface area (Å²) in [4.78, 5) is 26.0. The summed E-state index contributed by atoms with van der Waals surface area (Å²) in [5.41, 5.74) is 0.993. The molecule has 0 aliphatic carbocycles. The van der Waals surface area contributed by atoms with Crippen LogP contribution >= 0.6 is 27.5 Å². The van der Waals surface area contributed by atoms with E-state index in [1.165, 1.54) is 0 Å². The van der Waals surface area contributed by atoms with Gasteiger partial charge in [0.25, 0.3) is 0 Å². The van der Waals surface area contributed by atoms with E-state index in [1.807, 2.05) is 20.8 Å². The van der Waals surface area contributed by atoms with Crippen molar-refractivity contribution in [2.75, 3.05) is 13.1 Å². The maximum absolute atomic E-state index is 12.1. The van der Waals surface area contributed by atoms with Crippen LogP contribution in [0.3, 0.4) is 0 Å². The molecule has 1 amide bonds. The number of rotatable bonds is 1. The maximum atomic E-state index is 12.1. The largest absolute Gasteiger partial charge is 0.444 e. The lowest BCUT2D eigenvalue weighted by molar-refractivity contribution is 0.0203. The van der Waals surface area contributed by atoms with Crippen LogP contribution in [0.5, 0.6) is 0 Å². The SMILES string of the molecule is CC(C)(C)OC(=O)N1CCC(c2nc3ncc(Cl)c(Br)c3[nH]2)CC1. The van der Waals surface area contributed by atoms with Gasteiger partial charge in [-0.1, -0.05) is 11.6 Å². The topological polar surface area (TPSA) is 71.1 Å². The number of carbonyl (C=O) groups excluding carboxylic acids is 1. The van der Waals surface area contributed by atoms with Crippen LogP contribution < -0.4 is 0 Å². The monoisotopic (exact) mass is 414 g/mol. The number of H-pyrrole nitrogens is 1. The van der Waals surface area contributed by atoms with Crippen LogP contribution in [-0.2, 0) is 4.74 Å². The summed E-state index contributed by atoms with van der Waals surface area (Å²) in [5, 5.41) is 0.553. The number of nitrogens with zero attached hydrogens (tertiary/aromatic N) is 3. The Kier molecular flexibility index (Phi) is 4.75. The van der Waals surface area contributed by atoms with Crippen LogP contribution in [0.15, 0.2) is 10.7 Å². The number of pyridine rings is 1. The Hall–Kier alpha value is -1.34. The predicted octanol–water partition coefficient (Wildman–Crippen LogP) is 4.49. The number of halogens is 2. The maximum Gasteiger partial charge on any atom is 0.410 e. The normalized spacial score (nSPS) is 16.6. The molecule has 2 aromatic heterocycles. The summed E-state index contributed by atoms with van der Waals surface area (Å²) in [5.74, 6) is 1.16. The molecule has 6 nitrogen and oxygen atoms in total. The lowest BCUT2D eigenvalue weighted by atomic mass is 9.96. The van der Waals surface area contributed by atoms with Crippen molar-refractivity contribution in [1.82, 2.24) is 19.9 Å². The molecule has 2 aromatic rings. The van der Waals surface area contributed by atoms with Crippen LogP contribution in [-0.4, -0.2) is 44.6 Å². The second kappa shape index (κ2) is 6.52. The summed E-state index contributed by atoms with van der Waals surface area (Å²) < 4.78 is 6.20. The lowest BCUT2D eigenvalue weighted by Gasteiger charge is -2.32. The molecule has 1 saturated heterocycles. The fourth-order valence-corrected chi connectivity index (χ4v) is 3.30. The number of ether oxygens (including phenoxy) is 1. The average molecular weight is 416 g/mol. The number of nitrogens with one attached hydrogen (secondary N) is 1. The highest BCUT2D eigenvalue weighted by molar-refractivity contribution is 9.10. The van der Waals surface area contributed by atoms with Crippen LogP contribution in [0.1, 0.15) is 45.4 Å². The van der Waals surface area contributed by atoms with Crippen LogP contribution in [0.4, 0.5) is 4.79 Å². The molecule has 0 bridgehead atoms. The first kappa shape index (κ1) is 17.5. The molecule has 130 valence electrons. The van der Waals surface area contributed by atoms with E-state index in [0.717, 1.165) is 28.7 Å². The van der Waals surface area contributed by atoms with Crippen molar-refractivity contribution >= 4 is 44.8 Å². The fraction of sp³-hybridized carbons (Fsp3) is 0.562. The smallest absolute Gasteiger partial charge is 0.410 e. The number of carbonyl (C=O) groups is 1. The molecule has 8 heteroatoms. The van der Waals surface area contributed by atoms with Gasteiger partial charge >= 0.3 is 6.09 Å². The number of amides is 1. The van der Waals surface area contributed by atoms with Gasteiger partial charge in [-0.2, -0.15) is 0 Å². The quantitative estimate of drug-likeness (QED) is 0.745. The minimum Gasteiger partial charge on any atom is -0.444 e. The second-order valence-corrected chi connectivity index (χ2v) is 8.18. The number of likely N-dealkylation sites (tertiary alicyclic amines) is 1. The molecule has 0 unspecified atom stereocenters. The number of aromatic amines is 1. The molecule has 1 aliphatic rings. The first-order chi connectivity index (χ1) is 11.2. The second-order valence-electron chi connectivity index (χ2n) is 6.98. The number of hydrogen-bond acceptors (Lipinski definition) is 4. The Morgan fingerprint density at radius 3 is 2.71 bits per heavy atom. The third-order valence-corrected chi connectivity index (χ3v) is 5.30. The summed E-state index contributed by atoms with van der Waals surface area (Å²) in [6, 6.07) is 0. The zero-order chi connectivity index (χ0) is 17.5. The van der Waals surface area contributed by atoms with Crippen molar-refractivity contribution in [1.29, 1.82) is 0 Å². The lowest BCUT2D eigenvalue weighted by Crippen LogP contribution is -2.41. The first-order valence-corrected chi connectivity index (χ1v) is 9.09. The molecule has 0 radical (unpaired) electrons. The molecule has 0 aromatic carbocycles. The van der Waals surface area contributed by atoms with Crippen molar-refractivity contribution in [2.45, 2.75) is 45.1 Å². The van der Waals surface area contributed by atoms with E-state index in [2.05, 4.69) is 30.9 Å². The van der Waals surface area contributed by atoms with Gasteiger partial charge in [-0.05, 0) is 49.5 Å². The molecule has 24 heavy (non-hydrogen) atoms. The third kappa shape index (κ3) is 3.67. The fourth-order valence-electron chi connectivity index (χ4n) is 2.78. The molecule has 1 fully saturated rings. The Balaban J connectivity index is 1.69. The summed E-state index contributed by atoms with van der Waals surface area (Å²) in [6.07, 6.45) is 3.01. The van der Waals surface area contributed by atoms with Gasteiger partial charge in [-0.3, -0.25) is 0 Å². The summed E-state index contributed by atoms with van der Waals surface area (Å²) in [7, 11) is 0. The van der Waals surface area contributed by atoms with Gasteiger partial charge in [0.05, 0.1) is 9.50 Å². The molecule has 0 spiro atoms. The Labute approximate surface area is 154 Å². The number of aromatic nitrogens is 3. The van der Waals surface area contributed by atoms with Crippen molar-refractivity contribution in [3.63, 3.8) is 0 Å². The van der Waals surface area contributed by atoms with Crippen molar-refractivity contribution in [3.8, 4) is 0 Å². The number of piperidine rings is 1. The van der Waals surface area contributed by atoms with E-state index in [4.69, 9.17) is 16.3 Å². The van der Waals surface area contributed by atoms with Gasteiger partial charge in [0.1, 0.15) is 16.9 Å². The van der Waals surface area contributed by atoms with Crippen LogP contribution in [0, 0.1) is 0 Å². The average Bonchev–Trinajstić information content (AvgIpc) is 2.94. The first-order valence-electron chi connectivity index (χ1n) is 7.92. The molecular formula is C16H20BrClN4O2. The van der Waals surface area contributed by atoms with Crippen molar-refractivity contribution in [3.05, 3.63) is 21.5 Å². The minimum absolute atomic E-state index is 0.248. The predicted molar refractivity (Wildman–Crippen MR) is 96.4 cm³/mol. The van der Waals surface area contributed by atoms with Gasteiger partial charge in [-0.15, -0.1) is 0 Å². The molecule has 0 saturated carbocycles. The van der Waals surface area contributed by atoms with Crippen molar-refractivity contribution < 1.29 is 9.53 Å². The third-order valence-electron chi connectivity index (χ3n) is 3.97. The highest BCUT2D eigenvalue weighted by Crippen LogP contribution is 2.32. The molecule has 0 atom stereocenters. The zero-order valence-corrected chi connectivity index (χ0v) is 16.2. The van der Waals surface area contributed by atoms with E-state index in [9.17, 15) is 4.79 Å². The van der Waals surface area contributed by atoms with E-state index in [0.29, 0.717) is 23.8 Å². The van der Waals surface area contributed by atoms with Gasteiger partial charge < -0.3 is 14.6 Å².